The Morgan fingerprint density at radius 1 is 1.24 bits per heavy atom. The van der Waals surface area contributed by atoms with Gasteiger partial charge in [-0.05, 0) is 40.7 Å². The van der Waals surface area contributed by atoms with Crippen molar-refractivity contribution in [2.45, 2.75) is 77.4 Å². The molecule has 1 atom stereocenters. The molecule has 0 radical (unpaired) electrons. The zero-order chi connectivity index (χ0) is 15.3. The minimum absolute atomic E-state index is 0.00647. The van der Waals surface area contributed by atoms with Gasteiger partial charge >= 0.3 is 0 Å². The number of aryl methyl sites for hydroxylation is 2. The number of ether oxygens (including phenoxy) is 1. The topological polar surface area (TPSA) is 34.1 Å². The van der Waals surface area contributed by atoms with Crippen LogP contribution in [-0.4, -0.2) is 30.3 Å². The molecule has 0 aromatic carbocycles. The molecule has 0 spiro atoms. The fourth-order valence-corrected chi connectivity index (χ4v) is 4.54. The number of nitrogens with zero attached hydrogens (tertiary/aromatic N) is 1. The summed E-state index contributed by atoms with van der Waals surface area (Å²) in [6.45, 7) is 7.19. The Kier molecular flexibility index (Phi) is 6.20. The van der Waals surface area contributed by atoms with Crippen molar-refractivity contribution in [2.75, 3.05) is 13.7 Å². The number of hydrogen-bond donors (Lipinski definition) is 1. The van der Waals surface area contributed by atoms with Gasteiger partial charge in [0.1, 0.15) is 0 Å². The van der Waals surface area contributed by atoms with E-state index in [1.54, 1.807) is 0 Å². The third-order valence-corrected chi connectivity index (χ3v) is 5.91. The van der Waals surface area contributed by atoms with E-state index in [1.807, 2.05) is 11.3 Å². The number of thiazole rings is 1. The second kappa shape index (κ2) is 7.70. The summed E-state index contributed by atoms with van der Waals surface area (Å²) in [6, 6.07) is 0.362. The zero-order valence-electron chi connectivity index (χ0n) is 14.0. The molecule has 3 nitrogen and oxygen atoms in total. The van der Waals surface area contributed by atoms with Crippen molar-refractivity contribution >= 4 is 11.3 Å². The fraction of sp³-hybridized carbons (Fsp3) is 0.824. The van der Waals surface area contributed by atoms with Crippen LogP contribution in [0.1, 0.15) is 61.0 Å². The van der Waals surface area contributed by atoms with E-state index >= 15 is 0 Å². The minimum Gasteiger partial charge on any atom is -0.374 e. The van der Waals surface area contributed by atoms with Crippen molar-refractivity contribution in [3.05, 3.63) is 15.6 Å². The molecule has 120 valence electrons. The Hall–Kier alpha value is -0.450. The Bertz CT molecular complexity index is 416. The first-order valence-electron chi connectivity index (χ1n) is 8.35. The standard InChI is InChI=1S/C17H30N2OS/c1-5-20-17(10-8-6-7-9-11-17)15(18-4)12-16-19-13(2)14(3)21-16/h15,18H,5-12H2,1-4H3. The number of nitrogens with one attached hydrogen (secondary N) is 1. The molecular weight excluding hydrogens is 280 g/mol. The smallest absolute Gasteiger partial charge is 0.0947 e. The molecule has 1 aliphatic carbocycles. The first-order chi connectivity index (χ1) is 10.1. The summed E-state index contributed by atoms with van der Waals surface area (Å²) in [5.74, 6) is 0. The molecule has 0 bridgehead atoms. The largest absolute Gasteiger partial charge is 0.374 e. The van der Waals surface area contributed by atoms with Gasteiger partial charge in [-0.1, -0.05) is 25.7 Å². The van der Waals surface area contributed by atoms with Gasteiger partial charge in [0, 0.05) is 23.9 Å². The summed E-state index contributed by atoms with van der Waals surface area (Å²) < 4.78 is 6.33. The molecule has 2 rings (SSSR count). The van der Waals surface area contributed by atoms with E-state index in [1.165, 1.54) is 54.1 Å². The fourth-order valence-electron chi connectivity index (χ4n) is 3.56. The molecule has 21 heavy (non-hydrogen) atoms. The van der Waals surface area contributed by atoms with Crippen molar-refractivity contribution in [1.29, 1.82) is 0 Å². The molecule has 1 heterocycles. The molecule has 1 unspecified atom stereocenters. The van der Waals surface area contributed by atoms with Crippen molar-refractivity contribution in [2.24, 2.45) is 0 Å². The van der Waals surface area contributed by atoms with E-state index in [0.29, 0.717) is 6.04 Å². The summed E-state index contributed by atoms with van der Waals surface area (Å²) in [4.78, 5) is 6.07. The average Bonchev–Trinajstić information content (AvgIpc) is 2.67. The average molecular weight is 311 g/mol. The van der Waals surface area contributed by atoms with Crippen LogP contribution >= 0.6 is 11.3 Å². The van der Waals surface area contributed by atoms with Crippen LogP contribution in [0.25, 0.3) is 0 Å². The normalized spacial score (nSPS) is 20.2. The van der Waals surface area contributed by atoms with Gasteiger partial charge in [-0.3, -0.25) is 0 Å². The van der Waals surface area contributed by atoms with E-state index < -0.39 is 0 Å². The van der Waals surface area contributed by atoms with Crippen LogP contribution in [0.2, 0.25) is 0 Å². The molecule has 0 aliphatic heterocycles. The maximum absolute atomic E-state index is 6.33. The lowest BCUT2D eigenvalue weighted by atomic mass is 9.84. The quantitative estimate of drug-likeness (QED) is 0.806. The van der Waals surface area contributed by atoms with Crippen molar-refractivity contribution in [3.8, 4) is 0 Å². The third kappa shape index (κ3) is 4.05. The Balaban J connectivity index is 2.18. The maximum atomic E-state index is 6.33. The number of likely N-dealkylation sites (N-methyl/N-ethyl adjacent to an activating group) is 1. The minimum atomic E-state index is -0.00647. The molecule has 1 aromatic heterocycles. The number of rotatable bonds is 6. The molecule has 0 saturated heterocycles. The van der Waals surface area contributed by atoms with Gasteiger partial charge in [0.25, 0.3) is 0 Å². The first-order valence-corrected chi connectivity index (χ1v) is 9.17. The van der Waals surface area contributed by atoms with Gasteiger partial charge < -0.3 is 10.1 Å². The van der Waals surface area contributed by atoms with E-state index in [-0.39, 0.29) is 5.60 Å². The van der Waals surface area contributed by atoms with E-state index in [4.69, 9.17) is 9.72 Å². The van der Waals surface area contributed by atoms with Gasteiger partial charge in [-0.25, -0.2) is 4.98 Å². The highest BCUT2D eigenvalue weighted by molar-refractivity contribution is 7.11. The maximum Gasteiger partial charge on any atom is 0.0947 e. The van der Waals surface area contributed by atoms with Crippen molar-refractivity contribution in [1.82, 2.24) is 10.3 Å². The van der Waals surface area contributed by atoms with Crippen LogP contribution in [0.15, 0.2) is 0 Å². The monoisotopic (exact) mass is 310 g/mol. The van der Waals surface area contributed by atoms with Crippen molar-refractivity contribution in [3.63, 3.8) is 0 Å². The molecule has 1 aromatic rings. The van der Waals surface area contributed by atoms with Gasteiger partial charge in [0.2, 0.25) is 0 Å². The highest BCUT2D eigenvalue weighted by atomic mass is 32.1. The number of aromatic nitrogens is 1. The van der Waals surface area contributed by atoms with Crippen LogP contribution in [0, 0.1) is 13.8 Å². The van der Waals surface area contributed by atoms with Crippen LogP contribution in [0.3, 0.4) is 0 Å². The molecule has 4 heteroatoms. The Morgan fingerprint density at radius 2 is 1.90 bits per heavy atom. The van der Waals surface area contributed by atoms with Gasteiger partial charge in [0.05, 0.1) is 16.3 Å². The predicted octanol–water partition coefficient (Wildman–Crippen LogP) is 4.02. The third-order valence-electron chi connectivity index (χ3n) is 4.82. The molecule has 1 saturated carbocycles. The summed E-state index contributed by atoms with van der Waals surface area (Å²) >= 11 is 1.84. The summed E-state index contributed by atoms with van der Waals surface area (Å²) in [6.07, 6.45) is 8.60. The molecule has 0 amide bonds. The molecule has 1 aliphatic rings. The van der Waals surface area contributed by atoms with Crippen LogP contribution in [0.4, 0.5) is 0 Å². The van der Waals surface area contributed by atoms with Crippen molar-refractivity contribution < 1.29 is 4.74 Å². The number of hydrogen-bond acceptors (Lipinski definition) is 4. The highest BCUT2D eigenvalue weighted by Gasteiger charge is 2.39. The summed E-state index contributed by atoms with van der Waals surface area (Å²) in [5.41, 5.74) is 1.17. The van der Waals surface area contributed by atoms with E-state index in [2.05, 4.69) is 33.1 Å². The lowest BCUT2D eigenvalue weighted by Crippen LogP contribution is -2.52. The second-order valence-corrected chi connectivity index (χ2v) is 7.49. The predicted molar refractivity (Wildman–Crippen MR) is 90.2 cm³/mol. The van der Waals surface area contributed by atoms with Gasteiger partial charge in [-0.15, -0.1) is 11.3 Å². The zero-order valence-corrected chi connectivity index (χ0v) is 14.8. The summed E-state index contributed by atoms with van der Waals surface area (Å²) in [7, 11) is 2.07. The second-order valence-electron chi connectivity index (χ2n) is 6.21. The summed E-state index contributed by atoms with van der Waals surface area (Å²) in [5, 5.41) is 4.79. The van der Waals surface area contributed by atoms with Crippen LogP contribution in [-0.2, 0) is 11.2 Å². The van der Waals surface area contributed by atoms with Crippen LogP contribution < -0.4 is 5.32 Å². The SMILES string of the molecule is CCOC1(C(Cc2nc(C)c(C)s2)NC)CCCCCC1. The molecular formula is C17H30N2OS. The van der Waals surface area contributed by atoms with Gasteiger partial charge in [-0.2, -0.15) is 0 Å². The Labute approximate surface area is 133 Å². The van der Waals surface area contributed by atoms with E-state index in [0.717, 1.165) is 13.0 Å². The highest BCUT2D eigenvalue weighted by Crippen LogP contribution is 2.35. The Morgan fingerprint density at radius 3 is 2.38 bits per heavy atom. The first kappa shape index (κ1) is 16.9. The lowest BCUT2D eigenvalue weighted by Gasteiger charge is -2.40. The van der Waals surface area contributed by atoms with E-state index in [9.17, 15) is 0 Å². The molecule has 1 fully saturated rings. The molecule has 1 N–H and O–H groups in total. The van der Waals surface area contributed by atoms with Gasteiger partial charge in [0.15, 0.2) is 0 Å². The van der Waals surface area contributed by atoms with Crippen LogP contribution in [0.5, 0.6) is 0 Å². The lowest BCUT2D eigenvalue weighted by molar-refractivity contribution is -0.0752.